The van der Waals surface area contributed by atoms with Crippen LogP contribution in [-0.4, -0.2) is 23.9 Å². The molecule has 1 aliphatic heterocycles. The van der Waals surface area contributed by atoms with Gasteiger partial charge in [-0.05, 0) is 49.8 Å². The summed E-state index contributed by atoms with van der Waals surface area (Å²) >= 11 is 0. The summed E-state index contributed by atoms with van der Waals surface area (Å²) in [6.45, 7) is 4.44. The van der Waals surface area contributed by atoms with Gasteiger partial charge in [0.1, 0.15) is 5.54 Å². The fraction of sp³-hybridized carbons (Fsp3) is 0.529. The average molecular weight is 286 g/mol. The van der Waals surface area contributed by atoms with Crippen molar-refractivity contribution in [2.24, 2.45) is 5.92 Å². The Balaban J connectivity index is 1.96. The molecular weight excluding hydrogens is 264 g/mol. The van der Waals surface area contributed by atoms with Crippen LogP contribution in [0.5, 0.6) is 0 Å². The van der Waals surface area contributed by atoms with Crippen LogP contribution in [0.3, 0.4) is 0 Å². The third-order valence-corrected chi connectivity index (χ3v) is 4.68. The number of anilines is 1. The lowest BCUT2D eigenvalue weighted by atomic mass is 9.93. The standard InChI is InChI=1S/C17H22N2O2/c1-3-12-5-4-6-14(11-12)19-10-9-15(20)18-17(2,16(19)21)13-7-8-13/h4-6,11,13H,3,7-10H2,1-2H3,(H,18,20). The van der Waals surface area contributed by atoms with Crippen molar-refractivity contribution in [2.45, 2.75) is 45.1 Å². The first-order valence-electron chi connectivity index (χ1n) is 7.76. The van der Waals surface area contributed by atoms with Crippen LogP contribution < -0.4 is 10.2 Å². The van der Waals surface area contributed by atoms with Gasteiger partial charge in [-0.3, -0.25) is 9.59 Å². The number of benzene rings is 1. The lowest BCUT2D eigenvalue weighted by Crippen LogP contribution is -2.56. The van der Waals surface area contributed by atoms with Crippen molar-refractivity contribution in [3.8, 4) is 0 Å². The van der Waals surface area contributed by atoms with Gasteiger partial charge in [0, 0.05) is 18.7 Å². The molecule has 4 nitrogen and oxygen atoms in total. The predicted molar refractivity (Wildman–Crippen MR) is 82.1 cm³/mol. The van der Waals surface area contributed by atoms with Gasteiger partial charge in [0.25, 0.3) is 5.91 Å². The van der Waals surface area contributed by atoms with E-state index in [1.165, 1.54) is 5.56 Å². The summed E-state index contributed by atoms with van der Waals surface area (Å²) in [5, 5.41) is 2.97. The maximum atomic E-state index is 13.0. The van der Waals surface area contributed by atoms with Crippen LogP contribution in [0.4, 0.5) is 5.69 Å². The Bertz CT molecular complexity index is 580. The molecular formula is C17H22N2O2. The average Bonchev–Trinajstić information content (AvgIpc) is 3.31. The maximum Gasteiger partial charge on any atom is 0.252 e. The number of nitrogens with zero attached hydrogens (tertiary/aromatic N) is 1. The zero-order chi connectivity index (χ0) is 15.0. The molecule has 0 spiro atoms. The van der Waals surface area contributed by atoms with E-state index in [4.69, 9.17) is 0 Å². The van der Waals surface area contributed by atoms with Crippen molar-refractivity contribution in [3.63, 3.8) is 0 Å². The summed E-state index contributed by atoms with van der Waals surface area (Å²) in [4.78, 5) is 26.8. The highest BCUT2D eigenvalue weighted by Gasteiger charge is 2.51. The highest BCUT2D eigenvalue weighted by molar-refractivity contribution is 6.04. The number of nitrogens with one attached hydrogen (secondary N) is 1. The molecule has 0 aromatic heterocycles. The number of aryl methyl sites for hydroxylation is 1. The Morgan fingerprint density at radius 2 is 2.10 bits per heavy atom. The molecule has 2 amide bonds. The van der Waals surface area contributed by atoms with Crippen molar-refractivity contribution in [1.82, 2.24) is 5.32 Å². The summed E-state index contributed by atoms with van der Waals surface area (Å²) < 4.78 is 0. The second kappa shape index (κ2) is 5.17. The van der Waals surface area contributed by atoms with E-state index in [2.05, 4.69) is 24.4 Å². The highest BCUT2D eigenvalue weighted by Crippen LogP contribution is 2.42. The maximum absolute atomic E-state index is 13.0. The van der Waals surface area contributed by atoms with E-state index >= 15 is 0 Å². The molecule has 1 unspecified atom stereocenters. The quantitative estimate of drug-likeness (QED) is 0.926. The van der Waals surface area contributed by atoms with Gasteiger partial charge in [-0.15, -0.1) is 0 Å². The highest BCUT2D eigenvalue weighted by atomic mass is 16.2. The van der Waals surface area contributed by atoms with Crippen LogP contribution in [0.2, 0.25) is 0 Å². The number of rotatable bonds is 3. The van der Waals surface area contributed by atoms with E-state index in [-0.39, 0.29) is 17.7 Å². The van der Waals surface area contributed by atoms with Crippen LogP contribution in [0, 0.1) is 5.92 Å². The number of amides is 2. The Kier molecular flexibility index (Phi) is 3.47. The fourth-order valence-electron chi connectivity index (χ4n) is 3.13. The Morgan fingerprint density at radius 1 is 1.33 bits per heavy atom. The number of hydrogen-bond acceptors (Lipinski definition) is 2. The second-order valence-electron chi connectivity index (χ2n) is 6.26. The molecule has 0 radical (unpaired) electrons. The molecule has 1 aliphatic carbocycles. The van der Waals surface area contributed by atoms with Gasteiger partial charge in [-0.1, -0.05) is 19.1 Å². The van der Waals surface area contributed by atoms with Crippen molar-refractivity contribution < 1.29 is 9.59 Å². The Morgan fingerprint density at radius 3 is 2.76 bits per heavy atom. The van der Waals surface area contributed by atoms with E-state index < -0.39 is 5.54 Å². The third-order valence-electron chi connectivity index (χ3n) is 4.68. The lowest BCUT2D eigenvalue weighted by Gasteiger charge is -2.32. The summed E-state index contributed by atoms with van der Waals surface area (Å²) in [5.74, 6) is 0.292. The molecule has 1 atom stereocenters. The van der Waals surface area contributed by atoms with Crippen molar-refractivity contribution in [2.75, 3.05) is 11.4 Å². The minimum atomic E-state index is -0.740. The van der Waals surface area contributed by atoms with Gasteiger partial charge in [0.2, 0.25) is 5.91 Å². The predicted octanol–water partition coefficient (Wildman–Crippen LogP) is 2.27. The minimum Gasteiger partial charge on any atom is -0.342 e. The molecule has 2 fully saturated rings. The number of carbonyl (C=O) groups is 2. The van der Waals surface area contributed by atoms with Gasteiger partial charge in [0.05, 0.1) is 0 Å². The Hall–Kier alpha value is -1.84. The van der Waals surface area contributed by atoms with Crippen molar-refractivity contribution in [3.05, 3.63) is 29.8 Å². The SMILES string of the molecule is CCc1cccc(N2CCC(=O)NC(C)(C3CC3)C2=O)c1. The first kappa shape index (κ1) is 14.1. The molecule has 1 aromatic rings. The van der Waals surface area contributed by atoms with Crippen molar-refractivity contribution >= 4 is 17.5 Å². The zero-order valence-corrected chi connectivity index (χ0v) is 12.7. The number of hydrogen-bond donors (Lipinski definition) is 1. The van der Waals surface area contributed by atoms with Crippen molar-refractivity contribution in [1.29, 1.82) is 0 Å². The zero-order valence-electron chi connectivity index (χ0n) is 12.7. The molecule has 2 aliphatic rings. The van der Waals surface area contributed by atoms with Gasteiger partial charge in [-0.2, -0.15) is 0 Å². The van der Waals surface area contributed by atoms with Gasteiger partial charge >= 0.3 is 0 Å². The van der Waals surface area contributed by atoms with Gasteiger partial charge < -0.3 is 10.2 Å². The fourth-order valence-corrected chi connectivity index (χ4v) is 3.13. The first-order chi connectivity index (χ1) is 10.0. The molecule has 1 saturated carbocycles. The number of carbonyl (C=O) groups excluding carboxylic acids is 2. The monoisotopic (exact) mass is 286 g/mol. The summed E-state index contributed by atoms with van der Waals surface area (Å²) in [7, 11) is 0. The van der Waals surface area contributed by atoms with Crippen LogP contribution in [-0.2, 0) is 16.0 Å². The smallest absolute Gasteiger partial charge is 0.252 e. The topological polar surface area (TPSA) is 49.4 Å². The summed E-state index contributed by atoms with van der Waals surface area (Å²) in [5.41, 5.74) is 1.37. The van der Waals surface area contributed by atoms with E-state index in [9.17, 15) is 9.59 Å². The lowest BCUT2D eigenvalue weighted by molar-refractivity contribution is -0.130. The molecule has 1 N–H and O–H groups in total. The van der Waals surface area contributed by atoms with E-state index in [1.807, 2.05) is 19.1 Å². The summed E-state index contributed by atoms with van der Waals surface area (Å²) in [6, 6.07) is 8.06. The molecule has 1 saturated heterocycles. The van der Waals surface area contributed by atoms with Crippen LogP contribution in [0.15, 0.2) is 24.3 Å². The first-order valence-corrected chi connectivity index (χ1v) is 7.76. The van der Waals surface area contributed by atoms with E-state index in [1.54, 1.807) is 4.90 Å². The van der Waals surface area contributed by atoms with E-state index in [0.29, 0.717) is 13.0 Å². The molecule has 21 heavy (non-hydrogen) atoms. The second-order valence-corrected chi connectivity index (χ2v) is 6.26. The molecule has 112 valence electrons. The van der Waals surface area contributed by atoms with Gasteiger partial charge in [-0.25, -0.2) is 0 Å². The minimum absolute atomic E-state index is 0.0214. The van der Waals surface area contributed by atoms with Crippen LogP contribution >= 0.6 is 0 Å². The normalized spacial score (nSPS) is 26.5. The molecule has 4 heteroatoms. The Labute approximate surface area is 125 Å². The van der Waals surface area contributed by atoms with E-state index in [0.717, 1.165) is 24.9 Å². The van der Waals surface area contributed by atoms with Gasteiger partial charge in [0.15, 0.2) is 0 Å². The largest absolute Gasteiger partial charge is 0.342 e. The molecule has 1 aromatic carbocycles. The summed E-state index contributed by atoms with van der Waals surface area (Å²) in [6.07, 6.45) is 3.34. The van der Waals surface area contributed by atoms with Crippen LogP contribution in [0.1, 0.15) is 38.7 Å². The third kappa shape index (κ3) is 2.55. The molecule has 3 rings (SSSR count). The molecule has 0 bridgehead atoms. The molecule has 1 heterocycles. The van der Waals surface area contributed by atoms with Crippen LogP contribution in [0.25, 0.3) is 0 Å².